The molecule has 148 valence electrons. The molecule has 1 aliphatic heterocycles. The predicted octanol–water partition coefficient (Wildman–Crippen LogP) is 2.60. The van der Waals surface area contributed by atoms with Gasteiger partial charge in [0.25, 0.3) is 0 Å². The minimum absolute atomic E-state index is 0.139. The van der Waals surface area contributed by atoms with E-state index in [1.165, 1.54) is 0 Å². The lowest BCUT2D eigenvalue weighted by molar-refractivity contribution is -0.146. The largest absolute Gasteiger partial charge is 0.383 e. The van der Waals surface area contributed by atoms with Crippen LogP contribution in [-0.2, 0) is 20.7 Å². The van der Waals surface area contributed by atoms with Crippen molar-refractivity contribution >= 4 is 17.1 Å². The van der Waals surface area contributed by atoms with Crippen LogP contribution in [-0.4, -0.2) is 64.4 Å². The third-order valence-corrected chi connectivity index (χ3v) is 4.94. The average molecular weight is 374 g/mol. The van der Waals surface area contributed by atoms with Gasteiger partial charge in [-0.1, -0.05) is 0 Å². The van der Waals surface area contributed by atoms with E-state index in [1.807, 2.05) is 30.9 Å². The maximum atomic E-state index is 12.6. The van der Waals surface area contributed by atoms with Gasteiger partial charge in [0.2, 0.25) is 5.91 Å². The van der Waals surface area contributed by atoms with Crippen LogP contribution in [0.1, 0.15) is 45.5 Å². The van der Waals surface area contributed by atoms with Crippen LogP contribution in [0, 0.1) is 0 Å². The molecule has 0 spiro atoms. The van der Waals surface area contributed by atoms with Gasteiger partial charge in [0.15, 0.2) is 5.65 Å². The minimum atomic E-state index is -0.261. The second-order valence-corrected chi connectivity index (χ2v) is 7.83. The quantitative estimate of drug-likeness (QED) is 0.745. The Hall–Kier alpha value is -1.99. The molecule has 0 saturated carbocycles. The second-order valence-electron chi connectivity index (χ2n) is 7.83. The Morgan fingerprint density at radius 2 is 2.26 bits per heavy atom. The first kappa shape index (κ1) is 19.8. The topological polar surface area (TPSA) is 69.5 Å². The number of rotatable bonds is 7. The second kappa shape index (κ2) is 8.35. The van der Waals surface area contributed by atoms with E-state index in [1.54, 1.807) is 13.3 Å². The van der Waals surface area contributed by atoms with E-state index >= 15 is 0 Å². The fourth-order valence-electron chi connectivity index (χ4n) is 3.72. The first-order valence-electron chi connectivity index (χ1n) is 9.64. The fourth-order valence-corrected chi connectivity index (χ4v) is 3.72. The highest BCUT2D eigenvalue weighted by Gasteiger charge is 2.29. The van der Waals surface area contributed by atoms with Gasteiger partial charge in [0.05, 0.1) is 24.9 Å². The van der Waals surface area contributed by atoms with Crippen LogP contribution < -0.4 is 0 Å². The molecule has 1 aliphatic rings. The van der Waals surface area contributed by atoms with E-state index in [9.17, 15) is 4.79 Å². The highest BCUT2D eigenvalue weighted by atomic mass is 16.5. The standard InChI is InChI=1S/C20H30N4O3/c1-15(13-26-4)24-17(22-16-7-6-10-21-19(16)24)8-5-9-18(25)23-11-12-27-20(2,3)14-23/h6-7,10,15H,5,8-9,11-14H2,1-4H3/t15-/m1/s1. The summed E-state index contributed by atoms with van der Waals surface area (Å²) in [6.07, 6.45) is 3.81. The van der Waals surface area contributed by atoms with Gasteiger partial charge in [-0.25, -0.2) is 9.97 Å². The summed E-state index contributed by atoms with van der Waals surface area (Å²) in [5.74, 6) is 1.15. The number of pyridine rings is 1. The van der Waals surface area contributed by atoms with Crippen molar-refractivity contribution in [3.8, 4) is 0 Å². The molecule has 1 atom stereocenters. The molecule has 0 unspecified atom stereocenters. The van der Waals surface area contributed by atoms with Crippen molar-refractivity contribution in [3.05, 3.63) is 24.2 Å². The average Bonchev–Trinajstić information content (AvgIpc) is 2.99. The summed E-state index contributed by atoms with van der Waals surface area (Å²) in [6.45, 7) is 8.68. The molecule has 0 bridgehead atoms. The van der Waals surface area contributed by atoms with Crippen molar-refractivity contribution in [1.29, 1.82) is 0 Å². The molecule has 7 nitrogen and oxygen atoms in total. The van der Waals surface area contributed by atoms with Crippen molar-refractivity contribution in [3.63, 3.8) is 0 Å². The molecule has 2 aromatic rings. The number of aryl methyl sites for hydroxylation is 1. The SMILES string of the molecule is COC[C@@H](C)n1c(CCCC(=O)N2CCOC(C)(C)C2)nc2cccnc21. The first-order chi connectivity index (χ1) is 12.9. The maximum Gasteiger partial charge on any atom is 0.222 e. The van der Waals surface area contributed by atoms with E-state index in [2.05, 4.69) is 16.5 Å². The fraction of sp³-hybridized carbons (Fsp3) is 0.650. The summed E-state index contributed by atoms with van der Waals surface area (Å²) in [6, 6.07) is 4.01. The Balaban J connectivity index is 1.66. The molecule has 3 heterocycles. The van der Waals surface area contributed by atoms with Crippen LogP contribution in [0.5, 0.6) is 0 Å². The Kier molecular flexibility index (Phi) is 6.11. The Bertz CT molecular complexity index is 787. The Morgan fingerprint density at radius 1 is 1.44 bits per heavy atom. The monoisotopic (exact) mass is 374 g/mol. The lowest BCUT2D eigenvalue weighted by Crippen LogP contribution is -2.50. The lowest BCUT2D eigenvalue weighted by atomic mass is 10.1. The smallest absolute Gasteiger partial charge is 0.222 e. The number of hydrogen-bond donors (Lipinski definition) is 0. The van der Waals surface area contributed by atoms with E-state index in [-0.39, 0.29) is 17.6 Å². The molecule has 3 rings (SSSR count). The van der Waals surface area contributed by atoms with Crippen molar-refractivity contribution in [2.75, 3.05) is 33.4 Å². The van der Waals surface area contributed by atoms with Gasteiger partial charge in [-0.15, -0.1) is 0 Å². The first-order valence-corrected chi connectivity index (χ1v) is 9.64. The zero-order valence-corrected chi connectivity index (χ0v) is 16.8. The summed E-state index contributed by atoms with van der Waals surface area (Å²) in [7, 11) is 1.70. The van der Waals surface area contributed by atoms with Gasteiger partial charge in [-0.2, -0.15) is 0 Å². The van der Waals surface area contributed by atoms with E-state index < -0.39 is 0 Å². The molecular weight excluding hydrogens is 344 g/mol. The number of aromatic nitrogens is 3. The van der Waals surface area contributed by atoms with Gasteiger partial charge >= 0.3 is 0 Å². The molecular formula is C20H30N4O3. The van der Waals surface area contributed by atoms with Crippen LogP contribution in [0.25, 0.3) is 11.2 Å². The number of carbonyl (C=O) groups excluding carboxylic acids is 1. The van der Waals surface area contributed by atoms with Gasteiger partial charge in [0, 0.05) is 39.2 Å². The Labute approximate surface area is 160 Å². The van der Waals surface area contributed by atoms with Gasteiger partial charge in [-0.05, 0) is 39.3 Å². The Morgan fingerprint density at radius 3 is 3.00 bits per heavy atom. The van der Waals surface area contributed by atoms with Gasteiger partial charge in [-0.3, -0.25) is 4.79 Å². The molecule has 0 N–H and O–H groups in total. The number of imidazole rings is 1. The zero-order valence-electron chi connectivity index (χ0n) is 16.8. The van der Waals surface area contributed by atoms with Gasteiger partial charge in [0.1, 0.15) is 11.3 Å². The molecule has 0 aliphatic carbocycles. The molecule has 2 aromatic heterocycles. The predicted molar refractivity (Wildman–Crippen MR) is 104 cm³/mol. The van der Waals surface area contributed by atoms with Crippen molar-refractivity contribution in [2.45, 2.75) is 51.7 Å². The summed E-state index contributed by atoms with van der Waals surface area (Å²) in [5.41, 5.74) is 1.50. The van der Waals surface area contributed by atoms with Gasteiger partial charge < -0.3 is 18.9 Å². The number of nitrogens with zero attached hydrogens (tertiary/aromatic N) is 4. The van der Waals surface area contributed by atoms with E-state index in [0.29, 0.717) is 32.7 Å². The van der Waals surface area contributed by atoms with Crippen molar-refractivity contribution < 1.29 is 14.3 Å². The summed E-state index contributed by atoms with van der Waals surface area (Å²) >= 11 is 0. The number of fused-ring (bicyclic) bond motifs is 1. The third kappa shape index (κ3) is 4.65. The highest BCUT2D eigenvalue weighted by molar-refractivity contribution is 5.76. The number of morpholine rings is 1. The molecule has 0 radical (unpaired) electrons. The molecule has 7 heteroatoms. The van der Waals surface area contributed by atoms with Crippen LogP contribution in [0.3, 0.4) is 0 Å². The normalized spacial score (nSPS) is 18.0. The molecule has 27 heavy (non-hydrogen) atoms. The molecule has 1 saturated heterocycles. The van der Waals surface area contributed by atoms with E-state index in [4.69, 9.17) is 14.5 Å². The summed E-state index contributed by atoms with van der Waals surface area (Å²) in [4.78, 5) is 23.7. The summed E-state index contributed by atoms with van der Waals surface area (Å²) in [5, 5.41) is 0. The van der Waals surface area contributed by atoms with Crippen LogP contribution >= 0.6 is 0 Å². The van der Waals surface area contributed by atoms with Crippen molar-refractivity contribution in [2.24, 2.45) is 0 Å². The molecule has 1 amide bonds. The van der Waals surface area contributed by atoms with Crippen LogP contribution in [0.2, 0.25) is 0 Å². The molecule has 0 aromatic carbocycles. The van der Waals surface area contributed by atoms with Crippen molar-refractivity contribution in [1.82, 2.24) is 19.4 Å². The minimum Gasteiger partial charge on any atom is -0.383 e. The van der Waals surface area contributed by atoms with Crippen LogP contribution in [0.15, 0.2) is 18.3 Å². The highest BCUT2D eigenvalue weighted by Crippen LogP contribution is 2.22. The number of amides is 1. The number of carbonyl (C=O) groups is 1. The number of ether oxygens (including phenoxy) is 2. The number of methoxy groups -OCH3 is 1. The number of hydrogen-bond acceptors (Lipinski definition) is 5. The molecule has 1 fully saturated rings. The zero-order chi connectivity index (χ0) is 19.4. The summed E-state index contributed by atoms with van der Waals surface area (Å²) < 4.78 is 13.2. The van der Waals surface area contributed by atoms with Crippen LogP contribution in [0.4, 0.5) is 0 Å². The van der Waals surface area contributed by atoms with E-state index in [0.717, 1.165) is 29.8 Å². The maximum absolute atomic E-state index is 12.6. The third-order valence-electron chi connectivity index (χ3n) is 4.94. The lowest BCUT2D eigenvalue weighted by Gasteiger charge is -2.38.